The molecule has 8 heteroatoms. The Morgan fingerprint density at radius 2 is 2.00 bits per heavy atom. The minimum absolute atomic E-state index is 0.0399. The fraction of sp³-hybridized carbons (Fsp3) is 0.133. The van der Waals surface area contributed by atoms with E-state index in [-0.39, 0.29) is 16.3 Å². The van der Waals surface area contributed by atoms with Crippen molar-refractivity contribution >= 4 is 21.7 Å². The average molecular weight is 339 g/mol. The van der Waals surface area contributed by atoms with Gasteiger partial charge in [-0.25, -0.2) is 17.6 Å². The number of ether oxygens (including phenoxy) is 1. The molecule has 2 rings (SSSR count). The molecular formula is C15H14FNO5S. The number of aryl methyl sites for hydroxylation is 1. The molecule has 0 amide bonds. The van der Waals surface area contributed by atoms with E-state index in [9.17, 15) is 17.6 Å². The second-order valence-electron chi connectivity index (χ2n) is 4.73. The molecule has 0 radical (unpaired) electrons. The Hall–Kier alpha value is -2.61. The molecule has 0 spiro atoms. The third-order valence-corrected chi connectivity index (χ3v) is 4.26. The van der Waals surface area contributed by atoms with Gasteiger partial charge in [-0.15, -0.1) is 0 Å². The maximum absolute atomic E-state index is 13.1. The van der Waals surface area contributed by atoms with Crippen molar-refractivity contribution in [3.05, 3.63) is 53.8 Å². The number of aliphatic carboxylic acids is 1. The summed E-state index contributed by atoms with van der Waals surface area (Å²) in [6, 6.07) is 9.09. The fourth-order valence-electron chi connectivity index (χ4n) is 1.86. The lowest BCUT2D eigenvalue weighted by Crippen LogP contribution is -2.14. The summed E-state index contributed by atoms with van der Waals surface area (Å²) in [7, 11) is -3.89. The SMILES string of the molecule is Cc1cc(S(=O)(=O)Nc2cccc(F)c2)ccc1OCC(=O)O. The third-order valence-electron chi connectivity index (χ3n) is 2.88. The van der Waals surface area contributed by atoms with Gasteiger partial charge in [0.1, 0.15) is 11.6 Å². The largest absolute Gasteiger partial charge is 0.482 e. The zero-order chi connectivity index (χ0) is 17.0. The standard InChI is InChI=1S/C15H14FNO5S/c1-10-7-13(5-6-14(10)22-9-15(18)19)23(20,21)17-12-4-2-3-11(16)8-12/h2-8,17H,9H2,1H3,(H,18,19). The van der Waals surface area contributed by atoms with E-state index in [4.69, 9.17) is 9.84 Å². The van der Waals surface area contributed by atoms with Gasteiger partial charge in [0.2, 0.25) is 0 Å². The van der Waals surface area contributed by atoms with Crippen molar-refractivity contribution in [3.63, 3.8) is 0 Å². The highest BCUT2D eigenvalue weighted by molar-refractivity contribution is 7.92. The van der Waals surface area contributed by atoms with Crippen molar-refractivity contribution in [2.75, 3.05) is 11.3 Å². The highest BCUT2D eigenvalue weighted by atomic mass is 32.2. The van der Waals surface area contributed by atoms with Crippen LogP contribution in [0.15, 0.2) is 47.4 Å². The van der Waals surface area contributed by atoms with Crippen molar-refractivity contribution in [3.8, 4) is 5.75 Å². The maximum Gasteiger partial charge on any atom is 0.341 e. The Morgan fingerprint density at radius 1 is 1.26 bits per heavy atom. The highest BCUT2D eigenvalue weighted by Crippen LogP contribution is 2.23. The smallest absolute Gasteiger partial charge is 0.341 e. The summed E-state index contributed by atoms with van der Waals surface area (Å²) in [6.07, 6.45) is 0. The summed E-state index contributed by atoms with van der Waals surface area (Å²) >= 11 is 0. The number of carboxylic acids is 1. The van der Waals surface area contributed by atoms with Crippen molar-refractivity contribution in [2.45, 2.75) is 11.8 Å². The lowest BCUT2D eigenvalue weighted by atomic mass is 10.2. The zero-order valence-electron chi connectivity index (χ0n) is 12.1. The minimum atomic E-state index is -3.89. The van der Waals surface area contributed by atoms with Crippen LogP contribution >= 0.6 is 0 Å². The van der Waals surface area contributed by atoms with Gasteiger partial charge in [-0.3, -0.25) is 4.72 Å². The molecule has 0 bridgehead atoms. The molecule has 0 heterocycles. The Morgan fingerprint density at radius 3 is 2.61 bits per heavy atom. The van der Waals surface area contributed by atoms with Gasteiger partial charge in [0.15, 0.2) is 6.61 Å². The zero-order valence-corrected chi connectivity index (χ0v) is 12.9. The molecule has 6 nitrogen and oxygen atoms in total. The quantitative estimate of drug-likeness (QED) is 0.843. The second-order valence-corrected chi connectivity index (χ2v) is 6.41. The molecule has 0 fully saturated rings. The predicted octanol–water partition coefficient (Wildman–Crippen LogP) is 2.40. The maximum atomic E-state index is 13.1. The number of nitrogens with one attached hydrogen (secondary N) is 1. The van der Waals surface area contributed by atoms with E-state index in [1.807, 2.05) is 0 Å². The van der Waals surface area contributed by atoms with E-state index in [2.05, 4.69) is 4.72 Å². The average Bonchev–Trinajstić information content (AvgIpc) is 2.45. The molecule has 0 aliphatic heterocycles. The highest BCUT2D eigenvalue weighted by Gasteiger charge is 2.16. The van der Waals surface area contributed by atoms with Gasteiger partial charge in [-0.2, -0.15) is 0 Å². The summed E-state index contributed by atoms with van der Waals surface area (Å²) in [5, 5.41) is 8.57. The first-order valence-corrected chi connectivity index (χ1v) is 8.00. The molecule has 2 N–H and O–H groups in total. The number of anilines is 1. The van der Waals surface area contributed by atoms with E-state index in [1.54, 1.807) is 6.92 Å². The first-order chi connectivity index (χ1) is 10.8. The van der Waals surface area contributed by atoms with Gasteiger partial charge in [0.25, 0.3) is 10.0 Å². The van der Waals surface area contributed by atoms with Gasteiger partial charge in [-0.1, -0.05) is 6.07 Å². The van der Waals surface area contributed by atoms with Crippen molar-refractivity contribution < 1.29 is 27.4 Å². The van der Waals surface area contributed by atoms with E-state index in [0.717, 1.165) is 6.07 Å². The second kappa shape index (κ2) is 6.66. The molecule has 122 valence electrons. The first-order valence-electron chi connectivity index (χ1n) is 6.51. The first kappa shape index (κ1) is 16.8. The summed E-state index contributed by atoms with van der Waals surface area (Å²) in [5.74, 6) is -1.41. The lowest BCUT2D eigenvalue weighted by molar-refractivity contribution is -0.139. The van der Waals surface area contributed by atoms with Crippen LogP contribution in [-0.2, 0) is 14.8 Å². The van der Waals surface area contributed by atoms with E-state index in [0.29, 0.717) is 5.56 Å². The normalized spacial score (nSPS) is 11.0. The molecule has 0 saturated heterocycles. The van der Waals surface area contributed by atoms with Gasteiger partial charge < -0.3 is 9.84 Å². The molecule has 0 atom stereocenters. The summed E-state index contributed by atoms with van der Waals surface area (Å²) in [6.45, 7) is 1.08. The molecule has 2 aromatic carbocycles. The van der Waals surface area contributed by atoms with Gasteiger partial charge in [0, 0.05) is 0 Å². The van der Waals surface area contributed by atoms with Crippen molar-refractivity contribution in [2.24, 2.45) is 0 Å². The Kier molecular flexibility index (Phi) is 4.85. The van der Waals surface area contributed by atoms with E-state index < -0.39 is 28.4 Å². The molecule has 23 heavy (non-hydrogen) atoms. The van der Waals surface area contributed by atoms with Crippen molar-refractivity contribution in [1.82, 2.24) is 0 Å². The number of sulfonamides is 1. The lowest BCUT2D eigenvalue weighted by Gasteiger charge is -2.11. The Labute approximate surface area is 132 Å². The van der Waals surface area contributed by atoms with Crippen LogP contribution in [0.2, 0.25) is 0 Å². The number of hydrogen-bond acceptors (Lipinski definition) is 4. The summed E-state index contributed by atoms with van der Waals surface area (Å²) < 4.78 is 45.0. The van der Waals surface area contributed by atoms with Crippen LogP contribution in [0.4, 0.5) is 10.1 Å². The third kappa shape index (κ3) is 4.43. The predicted molar refractivity (Wildman–Crippen MR) is 81.5 cm³/mol. The molecule has 0 aromatic heterocycles. The van der Waals surface area contributed by atoms with Crippen LogP contribution < -0.4 is 9.46 Å². The number of carbonyl (C=O) groups is 1. The van der Waals surface area contributed by atoms with Crippen LogP contribution in [0.3, 0.4) is 0 Å². The monoisotopic (exact) mass is 339 g/mol. The Bertz CT molecular complexity index is 836. The molecule has 0 unspecified atom stereocenters. The molecule has 0 aliphatic rings. The number of hydrogen-bond donors (Lipinski definition) is 2. The topological polar surface area (TPSA) is 92.7 Å². The van der Waals surface area contributed by atoms with E-state index in [1.165, 1.54) is 36.4 Å². The van der Waals surface area contributed by atoms with Crippen LogP contribution in [-0.4, -0.2) is 26.1 Å². The molecule has 2 aromatic rings. The molecule has 0 aliphatic carbocycles. The van der Waals surface area contributed by atoms with Crippen LogP contribution in [0.1, 0.15) is 5.56 Å². The van der Waals surface area contributed by atoms with Gasteiger partial charge >= 0.3 is 5.97 Å². The van der Waals surface area contributed by atoms with E-state index >= 15 is 0 Å². The van der Waals surface area contributed by atoms with Crippen LogP contribution in [0.5, 0.6) is 5.75 Å². The molecule has 0 saturated carbocycles. The number of halogens is 1. The fourth-order valence-corrected chi connectivity index (χ4v) is 2.99. The summed E-state index contributed by atoms with van der Waals surface area (Å²) in [5.41, 5.74) is 0.572. The minimum Gasteiger partial charge on any atom is -0.482 e. The summed E-state index contributed by atoms with van der Waals surface area (Å²) in [4.78, 5) is 10.4. The van der Waals surface area contributed by atoms with Gasteiger partial charge in [0.05, 0.1) is 10.6 Å². The number of benzene rings is 2. The van der Waals surface area contributed by atoms with Crippen LogP contribution in [0.25, 0.3) is 0 Å². The molecular weight excluding hydrogens is 325 g/mol. The Balaban J connectivity index is 2.23. The van der Waals surface area contributed by atoms with Crippen molar-refractivity contribution in [1.29, 1.82) is 0 Å². The van der Waals surface area contributed by atoms with Crippen LogP contribution in [0, 0.1) is 12.7 Å². The number of rotatable bonds is 6. The number of carboxylic acid groups (broad SMARTS) is 1. The van der Waals surface area contributed by atoms with Gasteiger partial charge in [-0.05, 0) is 48.9 Å².